The van der Waals surface area contributed by atoms with Gasteiger partial charge in [0.25, 0.3) is 0 Å². The standard InChI is InChI=1S/C16H16N4/c1-2-4-11(3-1)5-12-6-14-15(13-8-19-20-9-13)10-18-16(14)17-7-12/h3,6-10H,1-2,4-5H2,(H,17,18)(H,19,20). The zero-order valence-electron chi connectivity index (χ0n) is 11.2. The Morgan fingerprint density at radius 2 is 2.20 bits per heavy atom. The van der Waals surface area contributed by atoms with E-state index in [2.05, 4.69) is 32.3 Å². The number of fused-ring (bicyclic) bond motifs is 1. The fourth-order valence-corrected chi connectivity index (χ4v) is 2.94. The Bertz CT molecular complexity index is 765. The van der Waals surface area contributed by atoms with Gasteiger partial charge >= 0.3 is 0 Å². The second-order valence-corrected chi connectivity index (χ2v) is 5.36. The van der Waals surface area contributed by atoms with Crippen LogP contribution in [0.2, 0.25) is 0 Å². The maximum Gasteiger partial charge on any atom is 0.137 e. The monoisotopic (exact) mass is 264 g/mol. The molecule has 4 nitrogen and oxygen atoms in total. The van der Waals surface area contributed by atoms with Crippen molar-refractivity contribution in [3.05, 3.63) is 48.1 Å². The Hall–Kier alpha value is -2.36. The normalized spacial score (nSPS) is 14.9. The number of nitrogens with one attached hydrogen (secondary N) is 2. The van der Waals surface area contributed by atoms with Gasteiger partial charge in [-0.05, 0) is 37.3 Å². The number of nitrogens with zero attached hydrogens (tertiary/aromatic N) is 2. The number of pyridine rings is 1. The van der Waals surface area contributed by atoms with Gasteiger partial charge in [0.1, 0.15) is 5.65 Å². The lowest BCUT2D eigenvalue weighted by atomic mass is 10.0. The number of hydrogen-bond acceptors (Lipinski definition) is 2. The third-order valence-electron chi connectivity index (χ3n) is 3.96. The van der Waals surface area contributed by atoms with Crippen LogP contribution in [-0.2, 0) is 6.42 Å². The van der Waals surface area contributed by atoms with Crippen LogP contribution in [0.15, 0.2) is 42.5 Å². The Balaban J connectivity index is 1.75. The van der Waals surface area contributed by atoms with Crippen molar-refractivity contribution < 1.29 is 0 Å². The minimum Gasteiger partial charge on any atom is -0.346 e. The molecule has 1 aliphatic rings. The number of hydrogen-bond donors (Lipinski definition) is 2. The third kappa shape index (κ3) is 1.93. The zero-order valence-corrected chi connectivity index (χ0v) is 11.2. The molecule has 0 atom stereocenters. The molecule has 0 bridgehead atoms. The first-order valence-electron chi connectivity index (χ1n) is 7.03. The third-order valence-corrected chi connectivity index (χ3v) is 3.96. The van der Waals surface area contributed by atoms with Gasteiger partial charge < -0.3 is 4.98 Å². The second kappa shape index (κ2) is 4.63. The number of aromatic nitrogens is 4. The van der Waals surface area contributed by atoms with Crippen LogP contribution in [0.25, 0.3) is 22.2 Å². The minimum absolute atomic E-state index is 0.936. The summed E-state index contributed by atoms with van der Waals surface area (Å²) < 4.78 is 0. The molecule has 0 saturated carbocycles. The zero-order chi connectivity index (χ0) is 13.4. The molecule has 0 aromatic carbocycles. The van der Waals surface area contributed by atoms with Gasteiger partial charge in [0.05, 0.1) is 6.20 Å². The summed E-state index contributed by atoms with van der Waals surface area (Å²) in [6.45, 7) is 0. The quantitative estimate of drug-likeness (QED) is 0.710. The first-order chi connectivity index (χ1) is 9.90. The van der Waals surface area contributed by atoms with Gasteiger partial charge in [-0.15, -0.1) is 0 Å². The largest absolute Gasteiger partial charge is 0.346 e. The highest BCUT2D eigenvalue weighted by Gasteiger charge is 2.10. The van der Waals surface area contributed by atoms with Crippen molar-refractivity contribution in [3.63, 3.8) is 0 Å². The summed E-state index contributed by atoms with van der Waals surface area (Å²) in [6, 6.07) is 2.25. The van der Waals surface area contributed by atoms with Crippen molar-refractivity contribution in [2.45, 2.75) is 25.7 Å². The van der Waals surface area contributed by atoms with Gasteiger partial charge in [0.2, 0.25) is 0 Å². The molecule has 0 saturated heterocycles. The first kappa shape index (κ1) is 11.5. The highest BCUT2D eigenvalue weighted by atomic mass is 15.1. The van der Waals surface area contributed by atoms with Crippen molar-refractivity contribution in [1.29, 1.82) is 0 Å². The molecule has 0 fully saturated rings. The molecular weight excluding hydrogens is 248 g/mol. The number of allylic oxidation sites excluding steroid dienone is 2. The van der Waals surface area contributed by atoms with Gasteiger partial charge in [-0.2, -0.15) is 5.10 Å². The predicted molar refractivity (Wildman–Crippen MR) is 79.3 cm³/mol. The van der Waals surface area contributed by atoms with Crippen LogP contribution < -0.4 is 0 Å². The Morgan fingerprint density at radius 3 is 3.00 bits per heavy atom. The van der Waals surface area contributed by atoms with Crippen LogP contribution >= 0.6 is 0 Å². The van der Waals surface area contributed by atoms with Gasteiger partial charge in [-0.3, -0.25) is 5.10 Å². The molecule has 1 aliphatic carbocycles. The summed E-state index contributed by atoms with van der Waals surface area (Å²) in [5, 5.41) is 8.05. The summed E-state index contributed by atoms with van der Waals surface area (Å²) in [4.78, 5) is 7.77. The van der Waals surface area contributed by atoms with E-state index in [1.807, 2.05) is 24.8 Å². The summed E-state index contributed by atoms with van der Waals surface area (Å²) in [5.41, 5.74) is 6.02. The molecule has 4 rings (SSSR count). The lowest BCUT2D eigenvalue weighted by molar-refractivity contribution is 0.886. The van der Waals surface area contributed by atoms with E-state index >= 15 is 0 Å². The van der Waals surface area contributed by atoms with E-state index in [-0.39, 0.29) is 0 Å². The SMILES string of the molecule is C1=C(Cc2cnc3[nH]cc(-c4cn[nH]c4)c3c2)CCC1. The molecule has 0 unspecified atom stereocenters. The van der Waals surface area contributed by atoms with Crippen molar-refractivity contribution in [3.8, 4) is 11.1 Å². The molecule has 3 aromatic rings. The van der Waals surface area contributed by atoms with E-state index in [1.54, 1.807) is 5.57 Å². The van der Waals surface area contributed by atoms with E-state index in [0.717, 1.165) is 23.2 Å². The maximum atomic E-state index is 4.54. The number of H-pyrrole nitrogens is 2. The lowest BCUT2D eigenvalue weighted by Gasteiger charge is -2.03. The Labute approximate surface area is 116 Å². The van der Waals surface area contributed by atoms with Crippen LogP contribution in [0, 0.1) is 0 Å². The molecule has 3 heterocycles. The number of aromatic amines is 2. The van der Waals surface area contributed by atoms with E-state index in [4.69, 9.17) is 0 Å². The fraction of sp³-hybridized carbons (Fsp3) is 0.250. The topological polar surface area (TPSA) is 57.4 Å². The van der Waals surface area contributed by atoms with Crippen LogP contribution in [0.1, 0.15) is 24.8 Å². The molecule has 0 radical (unpaired) electrons. The molecule has 3 aromatic heterocycles. The summed E-state index contributed by atoms with van der Waals surface area (Å²) in [7, 11) is 0. The lowest BCUT2D eigenvalue weighted by Crippen LogP contribution is -1.90. The van der Waals surface area contributed by atoms with Crippen molar-refractivity contribution >= 4 is 11.0 Å². The summed E-state index contributed by atoms with van der Waals surface area (Å²) in [5.74, 6) is 0. The molecule has 2 N–H and O–H groups in total. The Kier molecular flexibility index (Phi) is 2.66. The first-order valence-corrected chi connectivity index (χ1v) is 7.03. The maximum absolute atomic E-state index is 4.54. The van der Waals surface area contributed by atoms with Crippen molar-refractivity contribution in [2.24, 2.45) is 0 Å². The van der Waals surface area contributed by atoms with Gasteiger partial charge in [-0.1, -0.05) is 11.6 Å². The van der Waals surface area contributed by atoms with Crippen molar-refractivity contribution in [1.82, 2.24) is 20.2 Å². The molecule has 0 aliphatic heterocycles. The summed E-state index contributed by atoms with van der Waals surface area (Å²) in [6.07, 6.45) is 14.9. The smallest absolute Gasteiger partial charge is 0.137 e. The average molecular weight is 264 g/mol. The highest BCUT2D eigenvalue weighted by molar-refractivity contribution is 5.93. The molecular formula is C16H16N4. The molecule has 20 heavy (non-hydrogen) atoms. The van der Waals surface area contributed by atoms with Gasteiger partial charge in [0, 0.05) is 35.1 Å². The van der Waals surface area contributed by atoms with E-state index in [1.165, 1.54) is 30.2 Å². The fourth-order valence-electron chi connectivity index (χ4n) is 2.94. The molecule has 0 amide bonds. The molecule has 0 spiro atoms. The number of rotatable bonds is 3. The van der Waals surface area contributed by atoms with Crippen LogP contribution in [0.4, 0.5) is 0 Å². The molecule has 100 valence electrons. The molecule has 4 heteroatoms. The van der Waals surface area contributed by atoms with Crippen LogP contribution in [-0.4, -0.2) is 20.2 Å². The van der Waals surface area contributed by atoms with E-state index in [9.17, 15) is 0 Å². The van der Waals surface area contributed by atoms with E-state index in [0.29, 0.717) is 0 Å². The van der Waals surface area contributed by atoms with Crippen LogP contribution in [0.5, 0.6) is 0 Å². The predicted octanol–water partition coefficient (Wildman–Crippen LogP) is 3.61. The van der Waals surface area contributed by atoms with Gasteiger partial charge in [-0.25, -0.2) is 4.98 Å². The van der Waals surface area contributed by atoms with E-state index < -0.39 is 0 Å². The highest BCUT2D eigenvalue weighted by Crippen LogP contribution is 2.29. The Morgan fingerprint density at radius 1 is 1.20 bits per heavy atom. The second-order valence-electron chi connectivity index (χ2n) is 5.36. The van der Waals surface area contributed by atoms with Crippen molar-refractivity contribution in [2.75, 3.05) is 0 Å². The minimum atomic E-state index is 0.936. The average Bonchev–Trinajstić information content (AvgIpc) is 3.19. The van der Waals surface area contributed by atoms with Gasteiger partial charge in [0.15, 0.2) is 0 Å². The van der Waals surface area contributed by atoms with Crippen LogP contribution in [0.3, 0.4) is 0 Å². The summed E-state index contributed by atoms with van der Waals surface area (Å²) >= 11 is 0.